The Morgan fingerprint density at radius 3 is 2.57 bits per heavy atom. The summed E-state index contributed by atoms with van der Waals surface area (Å²) < 4.78 is 5.55. The summed E-state index contributed by atoms with van der Waals surface area (Å²) in [5, 5.41) is 9.02. The fraction of sp³-hybridized carbons (Fsp3) is 0.167. The van der Waals surface area contributed by atoms with E-state index in [1.807, 2.05) is 32.0 Å². The number of fused-ring (bicyclic) bond motifs is 2. The normalized spacial score (nSPS) is 16.7. The molecule has 0 fully saturated rings. The molecule has 0 aliphatic heterocycles. The van der Waals surface area contributed by atoms with Crippen molar-refractivity contribution in [2.75, 3.05) is 0 Å². The average Bonchev–Trinajstić information content (AvgIpc) is 3.17. The van der Waals surface area contributed by atoms with Crippen molar-refractivity contribution in [1.82, 2.24) is 5.16 Å². The standard InChI is InChI=1S/C24H18N2O4/c1-12(2)16-11-19(27)13(3)10-18(16)26-29-20-9-8-17-21-22(20)23(28)14-6-4-5-7-15(14)24(21)30-25-17/h4-12H,1-3H3/b26-18+. The van der Waals surface area contributed by atoms with E-state index in [1.165, 1.54) is 0 Å². The lowest BCUT2D eigenvalue weighted by atomic mass is 9.87. The zero-order valence-corrected chi connectivity index (χ0v) is 16.7. The summed E-state index contributed by atoms with van der Waals surface area (Å²) in [6.45, 7) is 5.72. The summed E-state index contributed by atoms with van der Waals surface area (Å²) in [5.74, 6) is 0.780. The lowest BCUT2D eigenvalue weighted by molar-refractivity contribution is -0.111. The van der Waals surface area contributed by atoms with E-state index in [-0.39, 0.29) is 17.5 Å². The Morgan fingerprint density at radius 2 is 1.80 bits per heavy atom. The molecule has 0 unspecified atom stereocenters. The van der Waals surface area contributed by atoms with E-state index in [4.69, 9.17) is 9.36 Å². The minimum absolute atomic E-state index is 0.0324. The Kier molecular flexibility index (Phi) is 4.03. The number of hydrogen-bond acceptors (Lipinski definition) is 6. The second kappa shape index (κ2) is 6.62. The van der Waals surface area contributed by atoms with E-state index in [0.717, 1.165) is 11.1 Å². The molecule has 0 saturated heterocycles. The molecule has 0 radical (unpaired) electrons. The summed E-state index contributed by atoms with van der Waals surface area (Å²) in [6, 6.07) is 10.7. The van der Waals surface area contributed by atoms with E-state index in [1.54, 1.807) is 37.3 Å². The van der Waals surface area contributed by atoms with Gasteiger partial charge in [-0.2, -0.15) is 0 Å². The minimum Gasteiger partial charge on any atom is -0.356 e. The molecule has 1 aromatic heterocycles. The highest BCUT2D eigenvalue weighted by molar-refractivity contribution is 6.26. The van der Waals surface area contributed by atoms with Crippen LogP contribution < -0.4 is 4.84 Å². The smallest absolute Gasteiger partial charge is 0.198 e. The predicted octanol–water partition coefficient (Wildman–Crippen LogP) is 4.89. The van der Waals surface area contributed by atoms with Crippen molar-refractivity contribution in [3.63, 3.8) is 0 Å². The molecule has 0 bridgehead atoms. The third-order valence-corrected chi connectivity index (χ3v) is 5.44. The Morgan fingerprint density at radius 1 is 1.03 bits per heavy atom. The van der Waals surface area contributed by atoms with E-state index in [9.17, 15) is 9.59 Å². The lowest BCUT2D eigenvalue weighted by Crippen LogP contribution is -2.17. The van der Waals surface area contributed by atoms with Gasteiger partial charge in [0.15, 0.2) is 23.1 Å². The van der Waals surface area contributed by atoms with Crippen LogP contribution in [0.3, 0.4) is 0 Å². The van der Waals surface area contributed by atoms with Gasteiger partial charge in [-0.3, -0.25) is 9.59 Å². The predicted molar refractivity (Wildman–Crippen MR) is 113 cm³/mol. The van der Waals surface area contributed by atoms with E-state index < -0.39 is 0 Å². The molecule has 0 N–H and O–H groups in total. The molecule has 0 atom stereocenters. The zero-order valence-electron chi connectivity index (χ0n) is 16.7. The lowest BCUT2D eigenvalue weighted by Gasteiger charge is -2.17. The van der Waals surface area contributed by atoms with Crippen molar-refractivity contribution in [2.24, 2.45) is 11.1 Å². The molecular weight excluding hydrogens is 380 g/mol. The van der Waals surface area contributed by atoms with Crippen LogP contribution >= 0.6 is 0 Å². The molecule has 6 heteroatoms. The van der Waals surface area contributed by atoms with E-state index >= 15 is 0 Å². The van der Waals surface area contributed by atoms with Crippen molar-refractivity contribution in [2.45, 2.75) is 20.8 Å². The number of benzene rings is 2. The zero-order chi connectivity index (χ0) is 21.0. The van der Waals surface area contributed by atoms with E-state index in [2.05, 4.69) is 10.3 Å². The van der Waals surface area contributed by atoms with Gasteiger partial charge in [0.2, 0.25) is 0 Å². The van der Waals surface area contributed by atoms with Gasteiger partial charge in [0.1, 0.15) is 11.2 Å². The SMILES string of the molecule is CC1=C/C(=N\Oc2ccc3noc4c3c2C(=O)c2ccccc2-4)C(C(C)C)=CC1=O. The van der Waals surface area contributed by atoms with Crippen LogP contribution in [0.15, 0.2) is 69.4 Å². The molecule has 148 valence electrons. The molecule has 2 aliphatic rings. The van der Waals surface area contributed by atoms with Crippen LogP contribution in [-0.2, 0) is 4.79 Å². The largest absolute Gasteiger partial charge is 0.356 e. The molecule has 0 saturated carbocycles. The quantitative estimate of drug-likeness (QED) is 0.363. The van der Waals surface area contributed by atoms with Crippen molar-refractivity contribution in [1.29, 1.82) is 0 Å². The van der Waals surface area contributed by atoms with Gasteiger partial charge in [-0.25, -0.2) is 0 Å². The third kappa shape index (κ3) is 2.64. The van der Waals surface area contributed by atoms with Gasteiger partial charge < -0.3 is 9.36 Å². The van der Waals surface area contributed by atoms with Crippen molar-refractivity contribution in [3.05, 3.63) is 70.8 Å². The Balaban J connectivity index is 1.64. The molecule has 0 spiro atoms. The van der Waals surface area contributed by atoms with Crippen molar-refractivity contribution in [3.8, 4) is 17.1 Å². The van der Waals surface area contributed by atoms with Crippen LogP contribution in [0.25, 0.3) is 22.2 Å². The number of oxime groups is 1. The van der Waals surface area contributed by atoms with Gasteiger partial charge in [0, 0.05) is 11.1 Å². The maximum Gasteiger partial charge on any atom is 0.198 e. The van der Waals surface area contributed by atoms with Crippen molar-refractivity contribution >= 4 is 28.2 Å². The highest BCUT2D eigenvalue weighted by Crippen LogP contribution is 2.43. The second-order valence-electron chi connectivity index (χ2n) is 7.73. The van der Waals surface area contributed by atoms with Gasteiger partial charge >= 0.3 is 0 Å². The summed E-state index contributed by atoms with van der Waals surface area (Å²) in [5.41, 5.74) is 4.18. The van der Waals surface area contributed by atoms with Crippen LogP contribution in [0.1, 0.15) is 36.7 Å². The Labute approximate surface area is 172 Å². The maximum atomic E-state index is 13.3. The van der Waals surface area contributed by atoms with Crippen LogP contribution in [0.4, 0.5) is 0 Å². The number of nitrogens with zero attached hydrogens (tertiary/aromatic N) is 2. The molecule has 6 nitrogen and oxygen atoms in total. The fourth-order valence-corrected chi connectivity index (χ4v) is 3.85. The number of rotatable bonds is 3. The van der Waals surface area contributed by atoms with Crippen LogP contribution in [0, 0.1) is 5.92 Å². The number of carbonyl (C=O) groups excluding carboxylic acids is 2. The molecule has 3 aromatic rings. The first-order valence-corrected chi connectivity index (χ1v) is 9.71. The first kappa shape index (κ1) is 18.2. The number of ketones is 2. The maximum absolute atomic E-state index is 13.3. The summed E-state index contributed by atoms with van der Waals surface area (Å²) in [6.07, 6.45) is 3.30. The number of carbonyl (C=O) groups is 2. The van der Waals surface area contributed by atoms with Crippen LogP contribution in [0.5, 0.6) is 5.75 Å². The second-order valence-corrected chi connectivity index (χ2v) is 7.73. The van der Waals surface area contributed by atoms with Gasteiger partial charge in [0.25, 0.3) is 0 Å². The Hall–Kier alpha value is -3.80. The van der Waals surface area contributed by atoms with Crippen molar-refractivity contribution < 1.29 is 18.9 Å². The Bertz CT molecular complexity index is 1340. The van der Waals surface area contributed by atoms with Gasteiger partial charge in [-0.15, -0.1) is 0 Å². The molecule has 5 rings (SSSR count). The highest BCUT2D eigenvalue weighted by Gasteiger charge is 2.32. The van der Waals surface area contributed by atoms with Gasteiger partial charge in [0.05, 0.1) is 10.9 Å². The summed E-state index contributed by atoms with van der Waals surface area (Å²) >= 11 is 0. The number of hydrogen-bond donors (Lipinski definition) is 0. The average molecular weight is 398 g/mol. The molecule has 1 heterocycles. The number of allylic oxidation sites excluding steroid dienone is 4. The van der Waals surface area contributed by atoms with Gasteiger partial charge in [-0.05, 0) is 48.3 Å². The molecular formula is C24H18N2O4. The topological polar surface area (TPSA) is 81.8 Å². The summed E-state index contributed by atoms with van der Waals surface area (Å²) in [4.78, 5) is 31.1. The minimum atomic E-state index is -0.160. The highest BCUT2D eigenvalue weighted by atomic mass is 16.6. The van der Waals surface area contributed by atoms with Crippen LogP contribution in [0.2, 0.25) is 0 Å². The molecule has 2 aromatic carbocycles. The third-order valence-electron chi connectivity index (χ3n) is 5.44. The summed E-state index contributed by atoms with van der Waals surface area (Å²) in [7, 11) is 0. The monoisotopic (exact) mass is 398 g/mol. The first-order valence-electron chi connectivity index (χ1n) is 9.71. The first-order chi connectivity index (χ1) is 14.5. The number of aromatic nitrogens is 1. The molecule has 0 amide bonds. The van der Waals surface area contributed by atoms with Crippen LogP contribution in [-0.4, -0.2) is 22.4 Å². The molecule has 30 heavy (non-hydrogen) atoms. The molecule has 2 aliphatic carbocycles. The van der Waals surface area contributed by atoms with Gasteiger partial charge in [-0.1, -0.05) is 48.4 Å². The fourth-order valence-electron chi connectivity index (χ4n) is 3.85. The van der Waals surface area contributed by atoms with E-state index in [0.29, 0.717) is 44.8 Å².